The van der Waals surface area contributed by atoms with Crippen molar-refractivity contribution in [2.45, 2.75) is 5.92 Å². The van der Waals surface area contributed by atoms with Crippen LogP contribution >= 0.6 is 0 Å². The summed E-state index contributed by atoms with van der Waals surface area (Å²) in [6.07, 6.45) is -0.426. The number of hydrogen-bond donors (Lipinski definition) is 1. The summed E-state index contributed by atoms with van der Waals surface area (Å²) in [6, 6.07) is 16.5. The normalized spacial score (nSPS) is 12.5. The van der Waals surface area contributed by atoms with E-state index in [1.807, 2.05) is 24.3 Å². The molecule has 0 bridgehead atoms. The fourth-order valence-corrected chi connectivity index (χ4v) is 3.20. The summed E-state index contributed by atoms with van der Waals surface area (Å²) >= 11 is 0. The van der Waals surface area contributed by atoms with E-state index < -0.39 is 6.09 Å². The molecule has 0 aliphatic heterocycles. The molecule has 1 N–H and O–H groups in total. The molecule has 0 aromatic heterocycles. The molecule has 26 heavy (non-hydrogen) atoms. The van der Waals surface area contributed by atoms with E-state index in [1.165, 1.54) is 22.3 Å². The molecule has 0 unspecified atom stereocenters. The molecular weight excluding hydrogens is 330 g/mol. The van der Waals surface area contributed by atoms with Gasteiger partial charge < -0.3 is 19.5 Å². The van der Waals surface area contributed by atoms with Gasteiger partial charge in [-0.15, -0.1) is 0 Å². The van der Waals surface area contributed by atoms with Crippen LogP contribution in [0.3, 0.4) is 0 Å². The zero-order chi connectivity index (χ0) is 18.2. The Labute approximate surface area is 154 Å². The Kier molecular flexibility index (Phi) is 6.63. The van der Waals surface area contributed by atoms with E-state index in [9.17, 15) is 4.79 Å². The van der Waals surface area contributed by atoms with Gasteiger partial charge in [0.1, 0.15) is 6.61 Å². The first kappa shape index (κ1) is 18.4. The molecule has 5 heteroatoms. The minimum absolute atomic E-state index is 0.0733. The molecule has 3 rings (SSSR count). The number of hydrogen-bond acceptors (Lipinski definition) is 4. The summed E-state index contributed by atoms with van der Waals surface area (Å²) in [7, 11) is 0. The maximum Gasteiger partial charge on any atom is 0.407 e. The lowest BCUT2D eigenvalue weighted by Gasteiger charge is -2.14. The third kappa shape index (κ3) is 4.42. The van der Waals surface area contributed by atoms with Gasteiger partial charge in [0.2, 0.25) is 0 Å². The Balaban J connectivity index is 1.47. The van der Waals surface area contributed by atoms with Gasteiger partial charge in [0, 0.05) is 19.1 Å². The van der Waals surface area contributed by atoms with E-state index in [-0.39, 0.29) is 5.92 Å². The van der Waals surface area contributed by atoms with Crippen LogP contribution in [0.25, 0.3) is 11.1 Å². The number of amides is 1. The second-order valence-electron chi connectivity index (χ2n) is 5.98. The van der Waals surface area contributed by atoms with Crippen LogP contribution in [-0.2, 0) is 14.2 Å². The molecule has 0 saturated carbocycles. The Morgan fingerprint density at radius 1 is 0.923 bits per heavy atom. The van der Waals surface area contributed by atoms with Crippen molar-refractivity contribution in [3.05, 3.63) is 66.6 Å². The molecule has 1 radical (unpaired) electrons. The van der Waals surface area contributed by atoms with E-state index in [2.05, 4.69) is 36.5 Å². The number of fused-ring (bicyclic) bond motifs is 3. The quantitative estimate of drug-likeness (QED) is 0.701. The van der Waals surface area contributed by atoms with Crippen LogP contribution in [0.4, 0.5) is 4.79 Å². The third-order valence-corrected chi connectivity index (χ3v) is 4.38. The zero-order valence-corrected chi connectivity index (χ0v) is 14.8. The first-order valence-electron chi connectivity index (χ1n) is 8.85. The van der Waals surface area contributed by atoms with Gasteiger partial charge in [-0.3, -0.25) is 0 Å². The van der Waals surface area contributed by atoms with Gasteiger partial charge in [-0.25, -0.2) is 4.79 Å². The number of benzene rings is 2. The number of carbonyl (C=O) groups excluding carboxylic acids is 1. The molecule has 0 saturated heterocycles. The Morgan fingerprint density at radius 3 is 2.19 bits per heavy atom. The molecule has 0 spiro atoms. The van der Waals surface area contributed by atoms with Crippen molar-refractivity contribution in [2.24, 2.45) is 0 Å². The molecule has 5 nitrogen and oxygen atoms in total. The van der Waals surface area contributed by atoms with Gasteiger partial charge in [-0.2, -0.15) is 0 Å². The average Bonchev–Trinajstić information content (AvgIpc) is 3.00. The summed E-state index contributed by atoms with van der Waals surface area (Å²) < 4.78 is 15.8. The highest BCUT2D eigenvalue weighted by atomic mass is 16.5. The van der Waals surface area contributed by atoms with E-state index in [4.69, 9.17) is 14.2 Å². The Morgan fingerprint density at radius 2 is 1.54 bits per heavy atom. The SMILES string of the molecule is [CH2]COCCOCCNC(=O)OCC1c2ccccc2-c2ccccc21. The maximum absolute atomic E-state index is 11.9. The summed E-state index contributed by atoms with van der Waals surface area (Å²) in [6.45, 7) is 6.14. The van der Waals surface area contributed by atoms with Gasteiger partial charge in [-0.05, 0) is 29.2 Å². The van der Waals surface area contributed by atoms with Crippen LogP contribution < -0.4 is 5.32 Å². The maximum atomic E-state index is 11.9. The first-order valence-corrected chi connectivity index (χ1v) is 8.85. The minimum Gasteiger partial charge on any atom is -0.449 e. The Bertz CT molecular complexity index is 686. The number of ether oxygens (including phenoxy) is 3. The third-order valence-electron chi connectivity index (χ3n) is 4.38. The van der Waals surface area contributed by atoms with Crippen LogP contribution in [0.2, 0.25) is 0 Å². The minimum atomic E-state index is -0.426. The predicted octanol–water partition coefficient (Wildman–Crippen LogP) is 3.39. The van der Waals surface area contributed by atoms with E-state index in [0.717, 1.165) is 0 Å². The molecule has 2 aromatic rings. The number of carbonyl (C=O) groups is 1. The van der Waals surface area contributed by atoms with Crippen molar-refractivity contribution in [3.63, 3.8) is 0 Å². The number of rotatable bonds is 9. The lowest BCUT2D eigenvalue weighted by atomic mass is 9.98. The summed E-state index contributed by atoms with van der Waals surface area (Å²) in [5.41, 5.74) is 4.84. The lowest BCUT2D eigenvalue weighted by Crippen LogP contribution is -2.29. The summed E-state index contributed by atoms with van der Waals surface area (Å²) in [4.78, 5) is 11.9. The van der Waals surface area contributed by atoms with Crippen molar-refractivity contribution in [2.75, 3.05) is 39.6 Å². The predicted molar refractivity (Wildman–Crippen MR) is 100 cm³/mol. The van der Waals surface area contributed by atoms with Crippen LogP contribution in [0.15, 0.2) is 48.5 Å². The van der Waals surface area contributed by atoms with Crippen molar-refractivity contribution in [1.82, 2.24) is 5.32 Å². The molecule has 0 heterocycles. The van der Waals surface area contributed by atoms with E-state index >= 15 is 0 Å². The molecule has 137 valence electrons. The van der Waals surface area contributed by atoms with Crippen LogP contribution in [-0.4, -0.2) is 45.7 Å². The molecule has 1 aliphatic rings. The standard InChI is InChI=1S/C21H24NO4/c1-2-24-13-14-25-12-11-22-21(23)26-15-20-18-9-5-3-7-16(18)17-8-4-6-10-19(17)20/h3-10,20H,1-2,11-15H2,(H,22,23). The molecule has 1 amide bonds. The molecule has 0 fully saturated rings. The summed E-state index contributed by atoms with van der Waals surface area (Å²) in [5, 5.41) is 2.71. The van der Waals surface area contributed by atoms with E-state index in [0.29, 0.717) is 39.6 Å². The highest BCUT2D eigenvalue weighted by molar-refractivity contribution is 5.79. The average molecular weight is 354 g/mol. The van der Waals surface area contributed by atoms with Crippen molar-refractivity contribution in [1.29, 1.82) is 0 Å². The van der Waals surface area contributed by atoms with Crippen molar-refractivity contribution >= 4 is 6.09 Å². The number of alkyl carbamates (subject to hydrolysis) is 1. The highest BCUT2D eigenvalue weighted by Gasteiger charge is 2.28. The van der Waals surface area contributed by atoms with Gasteiger partial charge in [-0.1, -0.05) is 48.5 Å². The second kappa shape index (κ2) is 9.36. The monoisotopic (exact) mass is 354 g/mol. The first-order chi connectivity index (χ1) is 12.8. The van der Waals surface area contributed by atoms with Crippen LogP contribution in [0.5, 0.6) is 0 Å². The van der Waals surface area contributed by atoms with Gasteiger partial charge >= 0.3 is 6.09 Å². The highest BCUT2D eigenvalue weighted by Crippen LogP contribution is 2.44. The molecule has 0 atom stereocenters. The molecular formula is C21H24NO4. The zero-order valence-electron chi connectivity index (χ0n) is 14.8. The van der Waals surface area contributed by atoms with Gasteiger partial charge in [0.05, 0.1) is 19.8 Å². The lowest BCUT2D eigenvalue weighted by molar-refractivity contribution is 0.0582. The van der Waals surface area contributed by atoms with Crippen LogP contribution in [0, 0.1) is 6.92 Å². The van der Waals surface area contributed by atoms with Crippen molar-refractivity contribution < 1.29 is 19.0 Å². The second-order valence-corrected chi connectivity index (χ2v) is 5.98. The summed E-state index contributed by atoms with van der Waals surface area (Å²) in [5.74, 6) is 0.0733. The fourth-order valence-electron chi connectivity index (χ4n) is 3.20. The van der Waals surface area contributed by atoms with Crippen LogP contribution in [0.1, 0.15) is 17.0 Å². The van der Waals surface area contributed by atoms with Crippen molar-refractivity contribution in [3.8, 4) is 11.1 Å². The Hall–Kier alpha value is -2.37. The van der Waals surface area contributed by atoms with E-state index in [1.54, 1.807) is 0 Å². The van der Waals surface area contributed by atoms with Gasteiger partial charge in [0.25, 0.3) is 0 Å². The fraction of sp³-hybridized carbons (Fsp3) is 0.333. The smallest absolute Gasteiger partial charge is 0.407 e. The van der Waals surface area contributed by atoms with Gasteiger partial charge in [0.15, 0.2) is 0 Å². The molecule has 2 aromatic carbocycles. The molecule has 1 aliphatic carbocycles. The topological polar surface area (TPSA) is 56.8 Å². The number of nitrogens with one attached hydrogen (secondary N) is 1. The largest absolute Gasteiger partial charge is 0.449 e.